The van der Waals surface area contributed by atoms with Crippen molar-refractivity contribution in [1.29, 1.82) is 0 Å². The summed E-state index contributed by atoms with van der Waals surface area (Å²) in [6.45, 7) is 2.85. The topological polar surface area (TPSA) is 25.2 Å². The minimum Gasteiger partial charge on any atom is -0.461 e. The Bertz CT molecular complexity index is 800. The van der Waals surface area contributed by atoms with Gasteiger partial charge in [-0.2, -0.15) is 0 Å². The van der Waals surface area contributed by atoms with Gasteiger partial charge in [-0.25, -0.2) is 0 Å². The fraction of sp³-hybridized carbons (Fsp3) is 0.263. The predicted octanol–water partition coefficient (Wildman–Crippen LogP) is 4.84. The van der Waals surface area contributed by atoms with E-state index in [1.807, 2.05) is 19.1 Å². The van der Waals surface area contributed by atoms with Crippen molar-refractivity contribution < 1.29 is 4.42 Å². The maximum atomic E-state index is 5.82. The lowest BCUT2D eigenvalue weighted by atomic mass is 10.1. The van der Waals surface area contributed by atoms with Crippen LogP contribution in [0.4, 0.5) is 5.69 Å². The molecule has 0 spiro atoms. The maximum Gasteiger partial charge on any atom is 0.134 e. The van der Waals surface area contributed by atoms with Gasteiger partial charge in [-0.05, 0) is 55.5 Å². The van der Waals surface area contributed by atoms with E-state index >= 15 is 0 Å². The summed E-state index contributed by atoms with van der Waals surface area (Å²) in [4.78, 5) is 0. The SMILES string of the molecule is Cc1oc2ccccc2c1CNc1ccc2c(c1)CCC2. The molecule has 2 nitrogen and oxygen atoms in total. The maximum absolute atomic E-state index is 5.82. The minimum absolute atomic E-state index is 0.807. The summed E-state index contributed by atoms with van der Waals surface area (Å²) < 4.78 is 5.82. The molecule has 0 fully saturated rings. The summed E-state index contributed by atoms with van der Waals surface area (Å²) in [6.07, 6.45) is 3.75. The molecule has 0 saturated carbocycles. The van der Waals surface area contributed by atoms with Gasteiger partial charge < -0.3 is 9.73 Å². The second-order valence-electron chi connectivity index (χ2n) is 5.82. The Morgan fingerprint density at radius 2 is 1.90 bits per heavy atom. The highest BCUT2D eigenvalue weighted by Crippen LogP contribution is 2.28. The van der Waals surface area contributed by atoms with Crippen LogP contribution in [0.2, 0.25) is 0 Å². The molecule has 1 N–H and O–H groups in total. The Balaban J connectivity index is 1.60. The summed E-state index contributed by atoms with van der Waals surface area (Å²) in [5.74, 6) is 1.00. The highest BCUT2D eigenvalue weighted by molar-refractivity contribution is 5.82. The summed E-state index contributed by atoms with van der Waals surface area (Å²) in [7, 11) is 0. The van der Waals surface area contributed by atoms with E-state index in [0.717, 1.165) is 17.9 Å². The van der Waals surface area contributed by atoms with Crippen LogP contribution in [0.25, 0.3) is 11.0 Å². The Kier molecular flexibility index (Phi) is 2.95. The molecule has 0 aliphatic heterocycles. The van der Waals surface area contributed by atoms with Crippen molar-refractivity contribution in [3.8, 4) is 0 Å². The second kappa shape index (κ2) is 4.96. The average Bonchev–Trinajstić information content (AvgIpc) is 3.08. The van der Waals surface area contributed by atoms with Crippen molar-refractivity contribution in [2.75, 3.05) is 5.32 Å². The van der Waals surface area contributed by atoms with Gasteiger partial charge in [-0.1, -0.05) is 24.3 Å². The number of fused-ring (bicyclic) bond motifs is 2. The minimum atomic E-state index is 0.807. The molecule has 106 valence electrons. The molecule has 1 aromatic heterocycles. The first-order chi connectivity index (χ1) is 10.3. The summed E-state index contributed by atoms with van der Waals surface area (Å²) in [5.41, 5.74) is 6.46. The van der Waals surface area contributed by atoms with E-state index in [1.54, 1.807) is 0 Å². The van der Waals surface area contributed by atoms with Crippen molar-refractivity contribution in [3.05, 3.63) is 64.9 Å². The van der Waals surface area contributed by atoms with Gasteiger partial charge in [-0.3, -0.25) is 0 Å². The standard InChI is InChI=1S/C19H19NO/c1-13-18(17-7-2-3-8-19(17)21-13)12-20-16-10-9-14-5-4-6-15(14)11-16/h2-3,7-11,20H,4-6,12H2,1H3. The number of benzene rings is 2. The Labute approximate surface area is 124 Å². The normalized spacial score (nSPS) is 13.6. The van der Waals surface area contributed by atoms with Crippen molar-refractivity contribution in [2.24, 2.45) is 0 Å². The van der Waals surface area contributed by atoms with Crippen LogP contribution in [-0.2, 0) is 19.4 Å². The molecule has 4 rings (SSSR count). The van der Waals surface area contributed by atoms with Gasteiger partial charge in [-0.15, -0.1) is 0 Å². The summed E-state index contributed by atoms with van der Waals surface area (Å²) in [6, 6.07) is 15.0. The number of anilines is 1. The number of hydrogen-bond donors (Lipinski definition) is 1. The third-order valence-corrected chi connectivity index (χ3v) is 4.47. The number of aryl methyl sites for hydroxylation is 3. The number of para-hydroxylation sites is 1. The highest BCUT2D eigenvalue weighted by atomic mass is 16.3. The van der Waals surface area contributed by atoms with Crippen LogP contribution >= 0.6 is 0 Å². The van der Waals surface area contributed by atoms with Gasteiger partial charge in [0.1, 0.15) is 11.3 Å². The smallest absolute Gasteiger partial charge is 0.134 e. The van der Waals surface area contributed by atoms with E-state index < -0.39 is 0 Å². The van der Waals surface area contributed by atoms with Crippen molar-refractivity contribution in [3.63, 3.8) is 0 Å². The first-order valence-corrected chi connectivity index (χ1v) is 7.64. The van der Waals surface area contributed by atoms with Crippen molar-refractivity contribution in [1.82, 2.24) is 0 Å². The lowest BCUT2D eigenvalue weighted by Crippen LogP contribution is -2.00. The van der Waals surface area contributed by atoms with Gasteiger partial charge in [0.05, 0.1) is 0 Å². The average molecular weight is 277 g/mol. The number of rotatable bonds is 3. The predicted molar refractivity (Wildman–Crippen MR) is 86.7 cm³/mol. The third kappa shape index (κ3) is 2.21. The molecule has 2 heteroatoms. The van der Waals surface area contributed by atoms with E-state index in [9.17, 15) is 0 Å². The monoisotopic (exact) mass is 277 g/mol. The van der Waals surface area contributed by atoms with Crippen molar-refractivity contribution >= 4 is 16.7 Å². The molecule has 1 aliphatic rings. The van der Waals surface area contributed by atoms with Gasteiger partial charge in [0.25, 0.3) is 0 Å². The van der Waals surface area contributed by atoms with Crippen LogP contribution in [0.15, 0.2) is 46.9 Å². The van der Waals surface area contributed by atoms with Crippen LogP contribution in [0, 0.1) is 6.92 Å². The molecule has 2 aromatic carbocycles. The summed E-state index contributed by atoms with van der Waals surface area (Å²) >= 11 is 0. The van der Waals surface area contributed by atoms with Gasteiger partial charge >= 0.3 is 0 Å². The molecule has 0 amide bonds. The third-order valence-electron chi connectivity index (χ3n) is 4.47. The molecule has 1 aliphatic carbocycles. The fourth-order valence-corrected chi connectivity index (χ4v) is 3.31. The first kappa shape index (κ1) is 12.5. The van der Waals surface area contributed by atoms with E-state index in [-0.39, 0.29) is 0 Å². The molecule has 0 unspecified atom stereocenters. The van der Waals surface area contributed by atoms with Gasteiger partial charge in [0, 0.05) is 23.2 Å². The Hall–Kier alpha value is -2.22. The molecule has 3 aromatic rings. The van der Waals surface area contributed by atoms with Crippen molar-refractivity contribution in [2.45, 2.75) is 32.7 Å². The van der Waals surface area contributed by atoms with Crippen LogP contribution in [-0.4, -0.2) is 0 Å². The number of hydrogen-bond acceptors (Lipinski definition) is 2. The Morgan fingerprint density at radius 3 is 2.86 bits per heavy atom. The van der Waals surface area contributed by atoms with Gasteiger partial charge in [0.15, 0.2) is 0 Å². The molecule has 0 radical (unpaired) electrons. The zero-order valence-corrected chi connectivity index (χ0v) is 12.3. The molecular weight excluding hydrogens is 258 g/mol. The molecule has 21 heavy (non-hydrogen) atoms. The van der Waals surface area contributed by atoms with Crippen LogP contribution < -0.4 is 5.32 Å². The molecule has 0 bridgehead atoms. The van der Waals surface area contributed by atoms with E-state index in [1.165, 1.54) is 47.0 Å². The van der Waals surface area contributed by atoms with Crippen LogP contribution in [0.3, 0.4) is 0 Å². The highest BCUT2D eigenvalue weighted by Gasteiger charge is 2.12. The van der Waals surface area contributed by atoms with Crippen LogP contribution in [0.5, 0.6) is 0 Å². The number of furan rings is 1. The van der Waals surface area contributed by atoms with E-state index in [4.69, 9.17) is 4.42 Å². The quantitative estimate of drug-likeness (QED) is 0.741. The van der Waals surface area contributed by atoms with E-state index in [2.05, 4.69) is 35.6 Å². The lowest BCUT2D eigenvalue weighted by Gasteiger charge is -2.08. The molecular formula is C19H19NO. The summed E-state index contributed by atoms with van der Waals surface area (Å²) in [5, 5.41) is 4.76. The Morgan fingerprint density at radius 1 is 1.05 bits per heavy atom. The second-order valence-corrected chi connectivity index (χ2v) is 5.82. The molecule has 1 heterocycles. The zero-order valence-electron chi connectivity index (χ0n) is 12.3. The lowest BCUT2D eigenvalue weighted by molar-refractivity contribution is 0.573. The fourth-order valence-electron chi connectivity index (χ4n) is 3.31. The zero-order chi connectivity index (χ0) is 14.2. The van der Waals surface area contributed by atoms with Crippen LogP contribution in [0.1, 0.15) is 28.9 Å². The largest absolute Gasteiger partial charge is 0.461 e. The molecule has 0 atom stereocenters. The first-order valence-electron chi connectivity index (χ1n) is 7.64. The number of nitrogens with one attached hydrogen (secondary N) is 1. The van der Waals surface area contributed by atoms with Gasteiger partial charge in [0.2, 0.25) is 0 Å². The molecule has 0 saturated heterocycles. The van der Waals surface area contributed by atoms with E-state index in [0.29, 0.717) is 0 Å².